The zero-order valence-electron chi connectivity index (χ0n) is 9.99. The van der Waals surface area contributed by atoms with Crippen LogP contribution >= 0.6 is 0 Å². The van der Waals surface area contributed by atoms with Gasteiger partial charge in [-0.05, 0) is 25.0 Å². The van der Waals surface area contributed by atoms with E-state index in [9.17, 15) is 4.79 Å². The third kappa shape index (κ3) is 3.93. The number of para-hydroxylation sites is 1. The number of hydrogen-bond donors (Lipinski definition) is 2. The molecule has 0 bridgehead atoms. The Morgan fingerprint density at radius 3 is 2.75 bits per heavy atom. The fourth-order valence-electron chi connectivity index (χ4n) is 1.77. The minimum Gasteiger partial charge on any atom is -0.382 e. The highest BCUT2D eigenvalue weighted by Crippen LogP contribution is 2.17. The molecule has 0 radical (unpaired) electrons. The molecule has 0 aromatic heterocycles. The topological polar surface area (TPSA) is 55.1 Å². The van der Waals surface area contributed by atoms with Gasteiger partial charge in [-0.1, -0.05) is 31.5 Å². The molecule has 1 aromatic rings. The third-order valence-corrected chi connectivity index (χ3v) is 2.51. The molecular weight excluding hydrogens is 200 g/mol. The lowest BCUT2D eigenvalue weighted by Gasteiger charge is -2.17. The molecular formula is C13H20N2O. The van der Waals surface area contributed by atoms with Gasteiger partial charge in [-0.3, -0.25) is 4.79 Å². The van der Waals surface area contributed by atoms with Crippen molar-refractivity contribution in [2.75, 3.05) is 5.32 Å². The molecule has 3 N–H and O–H groups in total. The average molecular weight is 220 g/mol. The maximum atomic E-state index is 10.9. The van der Waals surface area contributed by atoms with Crippen LogP contribution in [0.2, 0.25) is 0 Å². The summed E-state index contributed by atoms with van der Waals surface area (Å²) in [6.07, 6.45) is 2.55. The maximum Gasteiger partial charge on any atom is 0.221 e. The van der Waals surface area contributed by atoms with Crippen molar-refractivity contribution in [2.24, 2.45) is 5.73 Å². The first-order valence-corrected chi connectivity index (χ1v) is 5.76. The predicted molar refractivity (Wildman–Crippen MR) is 67.3 cm³/mol. The monoisotopic (exact) mass is 220 g/mol. The van der Waals surface area contributed by atoms with Gasteiger partial charge >= 0.3 is 0 Å². The van der Waals surface area contributed by atoms with Gasteiger partial charge in [0.25, 0.3) is 0 Å². The van der Waals surface area contributed by atoms with Gasteiger partial charge in [0.05, 0.1) is 6.42 Å². The molecule has 0 aliphatic heterocycles. The van der Waals surface area contributed by atoms with Crippen LogP contribution in [-0.4, -0.2) is 11.9 Å². The van der Waals surface area contributed by atoms with Gasteiger partial charge in [0.2, 0.25) is 5.91 Å². The van der Waals surface area contributed by atoms with Crippen molar-refractivity contribution in [3.05, 3.63) is 29.8 Å². The van der Waals surface area contributed by atoms with Crippen LogP contribution in [0.3, 0.4) is 0 Å². The number of benzene rings is 1. The molecule has 1 rings (SSSR count). The van der Waals surface area contributed by atoms with Crippen LogP contribution in [0.1, 0.15) is 32.3 Å². The molecule has 0 spiro atoms. The van der Waals surface area contributed by atoms with Crippen LogP contribution in [0.5, 0.6) is 0 Å². The van der Waals surface area contributed by atoms with E-state index in [-0.39, 0.29) is 5.91 Å². The molecule has 0 saturated heterocycles. The van der Waals surface area contributed by atoms with Crippen molar-refractivity contribution >= 4 is 11.6 Å². The molecule has 0 saturated carbocycles. The number of nitrogens with one attached hydrogen (secondary N) is 1. The molecule has 3 heteroatoms. The van der Waals surface area contributed by atoms with Crippen LogP contribution in [0.25, 0.3) is 0 Å². The Balaban J connectivity index is 2.74. The minimum absolute atomic E-state index is 0.294. The molecule has 0 aliphatic rings. The summed E-state index contributed by atoms with van der Waals surface area (Å²) in [5, 5.41) is 3.41. The van der Waals surface area contributed by atoms with Gasteiger partial charge in [-0.25, -0.2) is 0 Å². The van der Waals surface area contributed by atoms with Gasteiger partial charge in [0.15, 0.2) is 0 Å². The predicted octanol–water partition coefficient (Wildman–Crippen LogP) is 2.31. The first-order chi connectivity index (χ1) is 7.63. The molecule has 88 valence electrons. The molecule has 1 aromatic carbocycles. The van der Waals surface area contributed by atoms with Gasteiger partial charge in [0, 0.05) is 11.7 Å². The van der Waals surface area contributed by atoms with E-state index >= 15 is 0 Å². The largest absolute Gasteiger partial charge is 0.382 e. The Morgan fingerprint density at radius 1 is 1.44 bits per heavy atom. The van der Waals surface area contributed by atoms with Crippen molar-refractivity contribution in [3.8, 4) is 0 Å². The highest BCUT2D eigenvalue weighted by molar-refractivity contribution is 5.78. The highest BCUT2D eigenvalue weighted by Gasteiger charge is 2.07. The number of amides is 1. The summed E-state index contributed by atoms with van der Waals surface area (Å²) >= 11 is 0. The van der Waals surface area contributed by atoms with E-state index in [0.717, 1.165) is 24.1 Å². The van der Waals surface area contributed by atoms with E-state index in [1.165, 1.54) is 0 Å². The summed E-state index contributed by atoms with van der Waals surface area (Å²) in [6, 6.07) is 8.23. The Morgan fingerprint density at radius 2 is 2.12 bits per heavy atom. The quantitative estimate of drug-likeness (QED) is 0.773. The van der Waals surface area contributed by atoms with Gasteiger partial charge in [-0.2, -0.15) is 0 Å². The lowest BCUT2D eigenvalue weighted by Crippen LogP contribution is -2.18. The lowest BCUT2D eigenvalue weighted by molar-refractivity contribution is -0.117. The van der Waals surface area contributed by atoms with E-state index in [1.54, 1.807) is 0 Å². The molecule has 1 amide bonds. The summed E-state index contributed by atoms with van der Waals surface area (Å²) < 4.78 is 0. The van der Waals surface area contributed by atoms with Crippen molar-refractivity contribution in [1.82, 2.24) is 0 Å². The van der Waals surface area contributed by atoms with Gasteiger partial charge < -0.3 is 11.1 Å². The fraction of sp³-hybridized carbons (Fsp3) is 0.462. The lowest BCUT2D eigenvalue weighted by atomic mass is 10.1. The first-order valence-electron chi connectivity index (χ1n) is 5.76. The van der Waals surface area contributed by atoms with Crippen molar-refractivity contribution < 1.29 is 4.79 Å². The summed E-state index contributed by atoms with van der Waals surface area (Å²) in [6.45, 7) is 4.30. The molecule has 0 fully saturated rings. The summed E-state index contributed by atoms with van der Waals surface area (Å²) in [4.78, 5) is 10.9. The number of primary amides is 1. The SMILES string of the molecule is CCCC(C)Nc1ccccc1CC(N)=O. The Kier molecular flexibility index (Phi) is 4.83. The van der Waals surface area contributed by atoms with E-state index < -0.39 is 0 Å². The Labute approximate surface area is 97.0 Å². The molecule has 0 heterocycles. The van der Waals surface area contributed by atoms with Crippen LogP contribution in [-0.2, 0) is 11.2 Å². The molecule has 16 heavy (non-hydrogen) atoms. The number of anilines is 1. The van der Waals surface area contributed by atoms with Crippen molar-refractivity contribution in [1.29, 1.82) is 0 Å². The van der Waals surface area contributed by atoms with Crippen molar-refractivity contribution in [3.63, 3.8) is 0 Å². The van der Waals surface area contributed by atoms with Crippen LogP contribution in [0, 0.1) is 0 Å². The van der Waals surface area contributed by atoms with E-state index in [0.29, 0.717) is 12.5 Å². The van der Waals surface area contributed by atoms with E-state index in [4.69, 9.17) is 5.73 Å². The standard InChI is InChI=1S/C13H20N2O/c1-3-6-10(2)15-12-8-5-4-7-11(12)9-13(14)16/h4-5,7-8,10,15H,3,6,9H2,1-2H3,(H2,14,16). The summed E-state index contributed by atoms with van der Waals surface area (Å²) in [5.74, 6) is -0.294. The maximum absolute atomic E-state index is 10.9. The molecule has 3 nitrogen and oxygen atoms in total. The van der Waals surface area contributed by atoms with E-state index in [1.807, 2.05) is 24.3 Å². The number of rotatable bonds is 6. The number of carbonyl (C=O) groups excluding carboxylic acids is 1. The minimum atomic E-state index is -0.294. The summed E-state index contributed by atoms with van der Waals surface area (Å²) in [7, 11) is 0. The van der Waals surface area contributed by atoms with Gasteiger partial charge in [0.1, 0.15) is 0 Å². The summed E-state index contributed by atoms with van der Waals surface area (Å²) in [5.41, 5.74) is 7.20. The fourth-order valence-corrected chi connectivity index (χ4v) is 1.77. The Hall–Kier alpha value is -1.51. The highest BCUT2D eigenvalue weighted by atomic mass is 16.1. The second-order valence-electron chi connectivity index (χ2n) is 4.13. The number of nitrogens with two attached hydrogens (primary N) is 1. The number of carbonyl (C=O) groups is 1. The van der Waals surface area contributed by atoms with Crippen LogP contribution in [0.4, 0.5) is 5.69 Å². The van der Waals surface area contributed by atoms with Crippen LogP contribution < -0.4 is 11.1 Å². The Bertz CT molecular complexity index is 350. The second-order valence-corrected chi connectivity index (χ2v) is 4.13. The average Bonchev–Trinajstić information content (AvgIpc) is 2.20. The zero-order chi connectivity index (χ0) is 12.0. The normalized spacial score (nSPS) is 12.1. The second kappa shape index (κ2) is 6.16. The molecule has 1 unspecified atom stereocenters. The van der Waals surface area contributed by atoms with Gasteiger partial charge in [-0.15, -0.1) is 0 Å². The first kappa shape index (κ1) is 12.6. The van der Waals surface area contributed by atoms with Crippen LogP contribution in [0.15, 0.2) is 24.3 Å². The smallest absolute Gasteiger partial charge is 0.221 e. The third-order valence-electron chi connectivity index (χ3n) is 2.51. The number of hydrogen-bond acceptors (Lipinski definition) is 2. The zero-order valence-corrected chi connectivity index (χ0v) is 9.99. The van der Waals surface area contributed by atoms with E-state index in [2.05, 4.69) is 19.2 Å². The molecule has 0 aliphatic carbocycles. The van der Waals surface area contributed by atoms with Crippen molar-refractivity contribution in [2.45, 2.75) is 39.2 Å². The molecule has 1 atom stereocenters.